The normalized spacial score (nSPS) is 11.4. The molecule has 0 aromatic heterocycles. The first-order valence-electron chi connectivity index (χ1n) is 6.48. The van der Waals surface area contributed by atoms with Gasteiger partial charge in [0.25, 0.3) is 10.0 Å². The number of halogens is 1. The zero-order valence-corrected chi connectivity index (χ0v) is 13.1. The molecule has 2 aromatic carbocycles. The van der Waals surface area contributed by atoms with Crippen molar-refractivity contribution >= 4 is 27.3 Å². The molecule has 2 N–H and O–H groups in total. The summed E-state index contributed by atoms with van der Waals surface area (Å²) in [5, 5.41) is 9.66. The van der Waals surface area contributed by atoms with Gasteiger partial charge in [0.05, 0.1) is 22.2 Å². The monoisotopic (exact) mass is 325 g/mol. The summed E-state index contributed by atoms with van der Waals surface area (Å²) in [6, 6.07) is 11.3. The van der Waals surface area contributed by atoms with Crippen LogP contribution in [0.25, 0.3) is 0 Å². The van der Waals surface area contributed by atoms with Crippen molar-refractivity contribution in [3.05, 3.63) is 58.6 Å². The Morgan fingerprint density at radius 3 is 2.48 bits per heavy atom. The molecule has 0 radical (unpaired) electrons. The van der Waals surface area contributed by atoms with Crippen molar-refractivity contribution in [1.82, 2.24) is 0 Å². The number of benzene rings is 2. The van der Waals surface area contributed by atoms with Crippen LogP contribution in [0.3, 0.4) is 0 Å². The number of nitrogens with one attached hydrogen (secondary N) is 1. The molecule has 0 aliphatic heterocycles. The van der Waals surface area contributed by atoms with E-state index in [9.17, 15) is 13.5 Å². The third kappa shape index (κ3) is 3.56. The van der Waals surface area contributed by atoms with Crippen LogP contribution >= 0.6 is 11.6 Å². The summed E-state index contributed by atoms with van der Waals surface area (Å²) in [5.41, 5.74) is 1.86. The van der Waals surface area contributed by atoms with Crippen LogP contribution < -0.4 is 4.72 Å². The molecule has 0 fully saturated rings. The minimum Gasteiger partial charge on any atom is -0.392 e. The van der Waals surface area contributed by atoms with E-state index in [4.69, 9.17) is 11.6 Å². The van der Waals surface area contributed by atoms with E-state index in [1.165, 1.54) is 12.1 Å². The first-order chi connectivity index (χ1) is 9.97. The van der Waals surface area contributed by atoms with Crippen molar-refractivity contribution in [2.24, 2.45) is 0 Å². The Hall–Kier alpha value is -1.56. The largest absolute Gasteiger partial charge is 0.392 e. The Morgan fingerprint density at radius 1 is 1.14 bits per heavy atom. The van der Waals surface area contributed by atoms with Crippen molar-refractivity contribution in [2.45, 2.75) is 24.8 Å². The van der Waals surface area contributed by atoms with E-state index >= 15 is 0 Å². The van der Waals surface area contributed by atoms with Gasteiger partial charge in [-0.1, -0.05) is 36.7 Å². The Labute approximate surface area is 129 Å². The number of para-hydroxylation sites is 1. The Kier molecular flexibility index (Phi) is 4.88. The topological polar surface area (TPSA) is 66.4 Å². The Morgan fingerprint density at radius 2 is 1.86 bits per heavy atom. The SMILES string of the molecule is CCc1ccc(S(=O)(=O)Nc2ccccc2Cl)cc1CO. The number of hydrogen-bond acceptors (Lipinski definition) is 3. The second kappa shape index (κ2) is 6.47. The van der Waals surface area contributed by atoms with Crippen molar-refractivity contribution in [3.8, 4) is 0 Å². The highest BCUT2D eigenvalue weighted by atomic mass is 35.5. The third-order valence-corrected chi connectivity index (χ3v) is 4.85. The van der Waals surface area contributed by atoms with Crippen LogP contribution in [-0.2, 0) is 23.1 Å². The van der Waals surface area contributed by atoms with Crippen LogP contribution in [0.1, 0.15) is 18.1 Å². The first kappa shape index (κ1) is 15.8. The van der Waals surface area contributed by atoms with E-state index in [2.05, 4.69) is 4.72 Å². The molecule has 0 bridgehead atoms. The molecule has 4 nitrogen and oxygen atoms in total. The lowest BCUT2D eigenvalue weighted by Crippen LogP contribution is -2.14. The highest BCUT2D eigenvalue weighted by Gasteiger charge is 2.17. The van der Waals surface area contributed by atoms with E-state index < -0.39 is 10.0 Å². The molecule has 2 rings (SSSR count). The molecule has 0 aliphatic rings. The smallest absolute Gasteiger partial charge is 0.261 e. The van der Waals surface area contributed by atoms with Crippen molar-refractivity contribution in [1.29, 1.82) is 0 Å². The van der Waals surface area contributed by atoms with Gasteiger partial charge in [0.1, 0.15) is 0 Å². The number of sulfonamides is 1. The maximum atomic E-state index is 12.4. The van der Waals surface area contributed by atoms with Gasteiger partial charge >= 0.3 is 0 Å². The van der Waals surface area contributed by atoms with Gasteiger partial charge in [-0.05, 0) is 41.8 Å². The lowest BCUT2D eigenvalue weighted by Gasteiger charge is -2.12. The van der Waals surface area contributed by atoms with Crippen molar-refractivity contribution in [3.63, 3.8) is 0 Å². The van der Waals surface area contributed by atoms with E-state index in [0.29, 0.717) is 16.3 Å². The number of hydrogen-bond donors (Lipinski definition) is 2. The van der Waals surface area contributed by atoms with Gasteiger partial charge in [0, 0.05) is 0 Å². The molecule has 0 saturated carbocycles. The molecule has 0 unspecified atom stereocenters. The summed E-state index contributed by atoms with van der Waals surface area (Å²) in [5.74, 6) is 0. The average molecular weight is 326 g/mol. The fourth-order valence-corrected chi connectivity index (χ4v) is 3.38. The minimum atomic E-state index is -3.74. The predicted molar refractivity (Wildman–Crippen MR) is 84.0 cm³/mol. The van der Waals surface area contributed by atoms with E-state index in [-0.39, 0.29) is 11.5 Å². The molecule has 0 aliphatic carbocycles. The van der Waals surface area contributed by atoms with Crippen LogP contribution in [0.5, 0.6) is 0 Å². The van der Waals surface area contributed by atoms with Gasteiger partial charge in [-0.25, -0.2) is 8.42 Å². The number of aryl methyl sites for hydroxylation is 1. The van der Waals surface area contributed by atoms with E-state index in [1.54, 1.807) is 30.3 Å². The average Bonchev–Trinajstić information content (AvgIpc) is 2.48. The second-order valence-corrected chi connectivity index (χ2v) is 6.62. The standard InChI is InChI=1S/C15H16ClNO3S/c1-2-11-7-8-13(9-12(11)10-18)21(19,20)17-15-6-4-3-5-14(15)16/h3-9,17-18H,2,10H2,1H3. The number of aliphatic hydroxyl groups excluding tert-OH is 1. The maximum Gasteiger partial charge on any atom is 0.261 e. The van der Waals surface area contributed by atoms with Crippen LogP contribution in [0.4, 0.5) is 5.69 Å². The quantitative estimate of drug-likeness (QED) is 0.887. The van der Waals surface area contributed by atoms with Gasteiger partial charge in [-0.3, -0.25) is 4.72 Å². The second-order valence-electron chi connectivity index (χ2n) is 4.53. The molecule has 0 atom stereocenters. The van der Waals surface area contributed by atoms with Crippen LogP contribution in [0, 0.1) is 0 Å². The number of anilines is 1. The van der Waals surface area contributed by atoms with E-state index in [0.717, 1.165) is 12.0 Å². The van der Waals surface area contributed by atoms with E-state index in [1.807, 2.05) is 6.92 Å². The molecule has 0 amide bonds. The summed E-state index contributed by atoms with van der Waals surface area (Å²) in [6.07, 6.45) is 0.730. The highest BCUT2D eigenvalue weighted by Crippen LogP contribution is 2.25. The molecule has 21 heavy (non-hydrogen) atoms. The zero-order valence-electron chi connectivity index (χ0n) is 11.5. The first-order valence-corrected chi connectivity index (χ1v) is 8.34. The summed E-state index contributed by atoms with van der Waals surface area (Å²) < 4.78 is 27.2. The molecule has 6 heteroatoms. The summed E-state index contributed by atoms with van der Waals surface area (Å²) in [6.45, 7) is 1.75. The van der Waals surface area contributed by atoms with Gasteiger partial charge in [0.2, 0.25) is 0 Å². The minimum absolute atomic E-state index is 0.101. The number of rotatable bonds is 5. The maximum absolute atomic E-state index is 12.4. The van der Waals surface area contributed by atoms with Gasteiger partial charge in [0.15, 0.2) is 0 Å². The van der Waals surface area contributed by atoms with Gasteiger partial charge < -0.3 is 5.11 Å². The van der Waals surface area contributed by atoms with Crippen LogP contribution in [-0.4, -0.2) is 13.5 Å². The van der Waals surface area contributed by atoms with Crippen LogP contribution in [0.15, 0.2) is 47.4 Å². The molecule has 0 heterocycles. The summed E-state index contributed by atoms with van der Waals surface area (Å²) >= 11 is 5.96. The molecule has 0 saturated heterocycles. The van der Waals surface area contributed by atoms with Crippen molar-refractivity contribution < 1.29 is 13.5 Å². The van der Waals surface area contributed by atoms with Crippen molar-refractivity contribution in [2.75, 3.05) is 4.72 Å². The third-order valence-electron chi connectivity index (χ3n) is 3.16. The number of aliphatic hydroxyl groups is 1. The highest BCUT2D eigenvalue weighted by molar-refractivity contribution is 7.92. The molecular formula is C15H16ClNO3S. The Balaban J connectivity index is 2.38. The molecule has 112 valence electrons. The fourth-order valence-electron chi connectivity index (χ4n) is 2.01. The molecule has 2 aromatic rings. The van der Waals surface area contributed by atoms with Crippen LogP contribution in [0.2, 0.25) is 5.02 Å². The molecular weight excluding hydrogens is 310 g/mol. The van der Waals surface area contributed by atoms with Gasteiger partial charge in [-0.2, -0.15) is 0 Å². The summed E-state index contributed by atoms with van der Waals surface area (Å²) in [7, 11) is -3.74. The van der Waals surface area contributed by atoms with Gasteiger partial charge in [-0.15, -0.1) is 0 Å². The summed E-state index contributed by atoms with van der Waals surface area (Å²) in [4.78, 5) is 0.101. The lowest BCUT2D eigenvalue weighted by atomic mass is 10.1. The fraction of sp³-hybridized carbons (Fsp3) is 0.200. The lowest BCUT2D eigenvalue weighted by molar-refractivity contribution is 0.280. The zero-order chi connectivity index (χ0) is 15.5. The predicted octanol–water partition coefficient (Wildman–Crippen LogP) is 3.20. The Bertz CT molecular complexity index is 744. The molecule has 0 spiro atoms.